The van der Waals surface area contributed by atoms with Gasteiger partial charge in [-0.05, 0) is 13.3 Å². The summed E-state index contributed by atoms with van der Waals surface area (Å²) in [6, 6.07) is 0.809. The molecule has 4 nitrogen and oxygen atoms in total. The lowest BCUT2D eigenvalue weighted by Gasteiger charge is -2.62. The summed E-state index contributed by atoms with van der Waals surface area (Å²) in [5.74, 6) is 0. The lowest BCUT2D eigenvalue weighted by Crippen LogP contribution is -2.80. The van der Waals surface area contributed by atoms with Gasteiger partial charge in [0.05, 0.1) is 26.0 Å². The van der Waals surface area contributed by atoms with Crippen LogP contribution in [-0.2, 0) is 0 Å². The fourth-order valence-electron chi connectivity index (χ4n) is 3.39. The molecule has 0 spiro atoms. The predicted octanol–water partition coefficient (Wildman–Crippen LogP) is 0.294. The zero-order valence-corrected chi connectivity index (χ0v) is 9.32. The quantitative estimate of drug-likeness (QED) is 0.589. The van der Waals surface area contributed by atoms with E-state index in [0.29, 0.717) is 0 Å². The molecule has 4 rings (SSSR count). The molecule has 4 fully saturated rings. The largest absolute Gasteiger partial charge is 0.284 e. The summed E-state index contributed by atoms with van der Waals surface area (Å²) in [5.41, 5.74) is 0. The lowest BCUT2D eigenvalue weighted by molar-refractivity contribution is -0.998. The van der Waals surface area contributed by atoms with Gasteiger partial charge in [-0.3, -0.25) is 4.48 Å². The van der Waals surface area contributed by atoms with E-state index in [1.54, 1.807) is 0 Å². The third-order valence-corrected chi connectivity index (χ3v) is 4.17. The third kappa shape index (κ3) is 1.15. The minimum absolute atomic E-state index is 0.809. The van der Waals surface area contributed by atoms with Gasteiger partial charge in [0.1, 0.15) is 20.0 Å². The molecule has 4 heterocycles. The standard InChI is InChI=1S/C10H21N4/c1-3-10(2)14-7-11-4-12(8-14)6-13(5-11)9-14/h10H,3-9H2,1-2H3/q+1. The average molecular weight is 197 g/mol. The highest BCUT2D eigenvalue weighted by Crippen LogP contribution is 2.31. The summed E-state index contributed by atoms with van der Waals surface area (Å²) in [7, 11) is 0. The Bertz CT molecular complexity index is 205. The molecular weight excluding hydrogens is 176 g/mol. The van der Waals surface area contributed by atoms with Gasteiger partial charge in [-0.2, -0.15) is 0 Å². The van der Waals surface area contributed by atoms with Crippen molar-refractivity contribution in [3.05, 3.63) is 0 Å². The minimum Gasteiger partial charge on any atom is -0.284 e. The maximum absolute atomic E-state index is 2.59. The maximum Gasteiger partial charge on any atom is 0.139 e. The van der Waals surface area contributed by atoms with Crippen LogP contribution in [0.15, 0.2) is 0 Å². The van der Waals surface area contributed by atoms with Crippen molar-refractivity contribution in [3.63, 3.8) is 0 Å². The van der Waals surface area contributed by atoms with Gasteiger partial charge in [-0.15, -0.1) is 0 Å². The summed E-state index contributed by atoms with van der Waals surface area (Å²) in [4.78, 5) is 7.76. The second-order valence-electron chi connectivity index (χ2n) is 5.34. The molecule has 0 amide bonds. The van der Waals surface area contributed by atoms with Crippen LogP contribution in [0.3, 0.4) is 0 Å². The van der Waals surface area contributed by atoms with E-state index in [2.05, 4.69) is 28.5 Å². The van der Waals surface area contributed by atoms with Gasteiger partial charge in [0, 0.05) is 0 Å². The fraction of sp³-hybridized carbons (Fsp3) is 1.00. The zero-order valence-electron chi connectivity index (χ0n) is 9.32. The molecule has 4 heteroatoms. The van der Waals surface area contributed by atoms with Gasteiger partial charge < -0.3 is 0 Å². The molecule has 4 saturated heterocycles. The molecule has 4 aliphatic rings. The van der Waals surface area contributed by atoms with E-state index >= 15 is 0 Å². The first kappa shape index (κ1) is 9.09. The molecule has 4 aliphatic heterocycles. The molecule has 0 saturated carbocycles. The van der Waals surface area contributed by atoms with Crippen LogP contribution in [0, 0.1) is 0 Å². The highest BCUT2D eigenvalue weighted by Gasteiger charge is 2.50. The second-order valence-corrected chi connectivity index (χ2v) is 5.34. The van der Waals surface area contributed by atoms with E-state index in [9.17, 15) is 0 Å². The molecule has 0 aromatic rings. The Morgan fingerprint density at radius 2 is 1.43 bits per heavy atom. The van der Waals surface area contributed by atoms with Gasteiger partial charge in [-0.25, -0.2) is 14.7 Å². The number of rotatable bonds is 2. The highest BCUT2D eigenvalue weighted by molar-refractivity contribution is 4.75. The molecule has 1 atom stereocenters. The molecule has 14 heavy (non-hydrogen) atoms. The van der Waals surface area contributed by atoms with Gasteiger partial charge in [0.15, 0.2) is 0 Å². The van der Waals surface area contributed by atoms with Crippen LogP contribution in [0.4, 0.5) is 0 Å². The SMILES string of the molecule is CCC(C)[N+]12CN3CN(CN(C3)C1)C2. The topological polar surface area (TPSA) is 9.72 Å². The van der Waals surface area contributed by atoms with Crippen molar-refractivity contribution >= 4 is 0 Å². The first-order valence-corrected chi connectivity index (χ1v) is 5.75. The van der Waals surface area contributed by atoms with Crippen LogP contribution in [0.2, 0.25) is 0 Å². The maximum atomic E-state index is 2.59. The van der Waals surface area contributed by atoms with Crippen LogP contribution in [-0.4, -0.2) is 65.2 Å². The summed E-state index contributed by atoms with van der Waals surface area (Å²) in [5, 5.41) is 0. The van der Waals surface area contributed by atoms with E-state index in [1.807, 2.05) is 0 Å². The monoisotopic (exact) mass is 197 g/mol. The normalized spacial score (nSPS) is 52.3. The Morgan fingerprint density at radius 3 is 1.79 bits per heavy atom. The molecule has 80 valence electrons. The van der Waals surface area contributed by atoms with E-state index in [0.717, 1.165) is 6.04 Å². The summed E-state index contributed by atoms with van der Waals surface area (Å²) < 4.78 is 1.29. The van der Waals surface area contributed by atoms with E-state index in [1.165, 1.54) is 50.9 Å². The second kappa shape index (κ2) is 2.92. The van der Waals surface area contributed by atoms with Crippen molar-refractivity contribution in [3.8, 4) is 0 Å². The summed E-state index contributed by atoms with van der Waals surface area (Å²) in [6.45, 7) is 12.2. The van der Waals surface area contributed by atoms with E-state index in [4.69, 9.17) is 0 Å². The van der Waals surface area contributed by atoms with E-state index < -0.39 is 0 Å². The smallest absolute Gasteiger partial charge is 0.139 e. The molecule has 0 N–H and O–H groups in total. The average Bonchev–Trinajstić information content (AvgIpc) is 2.14. The van der Waals surface area contributed by atoms with Crippen LogP contribution in [0.1, 0.15) is 20.3 Å². The third-order valence-electron chi connectivity index (χ3n) is 4.17. The van der Waals surface area contributed by atoms with Crippen molar-refractivity contribution in [1.82, 2.24) is 14.7 Å². The Labute approximate surface area is 86.3 Å². The molecule has 0 aromatic heterocycles. The highest BCUT2D eigenvalue weighted by atomic mass is 15.7. The lowest BCUT2D eigenvalue weighted by atomic mass is 10.1. The number of hydrogen-bond donors (Lipinski definition) is 0. The summed E-state index contributed by atoms with van der Waals surface area (Å²) in [6.07, 6.45) is 1.30. The number of hydrogen-bond acceptors (Lipinski definition) is 3. The van der Waals surface area contributed by atoms with Gasteiger partial charge in [0.25, 0.3) is 0 Å². The van der Waals surface area contributed by atoms with Crippen molar-refractivity contribution in [2.75, 3.05) is 40.0 Å². The van der Waals surface area contributed by atoms with Crippen LogP contribution in [0.25, 0.3) is 0 Å². The van der Waals surface area contributed by atoms with Crippen molar-refractivity contribution in [1.29, 1.82) is 0 Å². The van der Waals surface area contributed by atoms with Gasteiger partial charge >= 0.3 is 0 Å². The van der Waals surface area contributed by atoms with Crippen molar-refractivity contribution in [2.24, 2.45) is 0 Å². The van der Waals surface area contributed by atoms with Gasteiger partial charge in [-0.1, -0.05) is 6.92 Å². The van der Waals surface area contributed by atoms with Crippen LogP contribution in [0.5, 0.6) is 0 Å². The molecule has 0 aliphatic carbocycles. The molecular formula is C10H21N4+. The Kier molecular flexibility index (Phi) is 1.89. The zero-order chi connectivity index (χ0) is 9.76. The molecule has 0 aromatic carbocycles. The Morgan fingerprint density at radius 1 is 1.00 bits per heavy atom. The first-order chi connectivity index (χ1) is 6.72. The molecule has 4 bridgehead atoms. The number of nitrogens with zero attached hydrogens (tertiary/aromatic N) is 4. The first-order valence-electron chi connectivity index (χ1n) is 5.75. The summed E-state index contributed by atoms with van der Waals surface area (Å²) >= 11 is 0. The Balaban J connectivity index is 1.87. The van der Waals surface area contributed by atoms with Crippen LogP contribution < -0.4 is 0 Å². The Hall–Kier alpha value is -0.160. The predicted molar refractivity (Wildman–Crippen MR) is 54.7 cm³/mol. The van der Waals surface area contributed by atoms with E-state index in [-0.39, 0.29) is 0 Å². The van der Waals surface area contributed by atoms with Crippen LogP contribution >= 0.6 is 0 Å². The fourth-order valence-corrected chi connectivity index (χ4v) is 3.39. The van der Waals surface area contributed by atoms with Gasteiger partial charge in [0.2, 0.25) is 0 Å². The molecule has 1 unspecified atom stereocenters. The van der Waals surface area contributed by atoms with Crippen molar-refractivity contribution in [2.45, 2.75) is 26.3 Å². The van der Waals surface area contributed by atoms with Crippen molar-refractivity contribution < 1.29 is 4.48 Å². The minimum atomic E-state index is 0.809. The number of quaternary nitrogens is 1. The molecule has 0 radical (unpaired) electrons.